The summed E-state index contributed by atoms with van der Waals surface area (Å²) < 4.78 is 16.1. The summed E-state index contributed by atoms with van der Waals surface area (Å²) >= 11 is 0. The van der Waals surface area contributed by atoms with Crippen LogP contribution >= 0.6 is 0 Å². The Morgan fingerprint density at radius 1 is 1.14 bits per heavy atom. The van der Waals surface area contributed by atoms with Crippen LogP contribution in [0.2, 0.25) is 0 Å². The van der Waals surface area contributed by atoms with Crippen molar-refractivity contribution in [2.75, 3.05) is 34.4 Å². The molecule has 1 aliphatic heterocycles. The molecule has 1 aromatic carbocycles. The topological polar surface area (TPSA) is 94.2 Å². The highest BCUT2D eigenvalue weighted by atomic mass is 16.5. The molecule has 8 nitrogen and oxygen atoms in total. The van der Waals surface area contributed by atoms with Crippen molar-refractivity contribution in [1.29, 1.82) is 0 Å². The van der Waals surface area contributed by atoms with Crippen molar-refractivity contribution in [2.24, 2.45) is 11.3 Å². The van der Waals surface area contributed by atoms with Crippen LogP contribution in [0.3, 0.4) is 0 Å². The summed E-state index contributed by atoms with van der Waals surface area (Å²) in [6.45, 7) is 3.05. The van der Waals surface area contributed by atoms with Crippen LogP contribution in [0.4, 0.5) is 0 Å². The van der Waals surface area contributed by atoms with E-state index in [9.17, 15) is 14.4 Å². The van der Waals surface area contributed by atoms with Gasteiger partial charge in [0, 0.05) is 31.1 Å². The van der Waals surface area contributed by atoms with Crippen molar-refractivity contribution in [3.05, 3.63) is 35.5 Å². The molecule has 2 aliphatic rings. The SMILES string of the molecule is CCCCNC(=O)C[C@@H]1C[C@@]2(C(=O)OC)CCCCC=C2N(CCc2ccc(OC)c(OC)c2)C1=O. The van der Waals surface area contributed by atoms with Crippen molar-refractivity contribution in [3.8, 4) is 11.5 Å². The van der Waals surface area contributed by atoms with Gasteiger partial charge in [0.25, 0.3) is 0 Å². The minimum Gasteiger partial charge on any atom is -0.493 e. The molecule has 0 saturated carbocycles. The highest BCUT2D eigenvalue weighted by Gasteiger charge is 2.53. The molecule has 2 amide bonds. The molecule has 1 aliphatic carbocycles. The van der Waals surface area contributed by atoms with E-state index in [4.69, 9.17) is 14.2 Å². The van der Waals surface area contributed by atoms with E-state index in [0.29, 0.717) is 43.9 Å². The summed E-state index contributed by atoms with van der Waals surface area (Å²) in [4.78, 5) is 41.5. The molecule has 3 rings (SSSR count). The zero-order chi connectivity index (χ0) is 26.1. The number of benzene rings is 1. The van der Waals surface area contributed by atoms with E-state index < -0.39 is 11.3 Å². The van der Waals surface area contributed by atoms with E-state index in [2.05, 4.69) is 12.2 Å². The van der Waals surface area contributed by atoms with Gasteiger partial charge in [0.1, 0.15) is 5.41 Å². The number of fused-ring (bicyclic) bond motifs is 1. The number of piperidine rings is 1. The number of ether oxygens (including phenoxy) is 3. The van der Waals surface area contributed by atoms with Crippen molar-refractivity contribution >= 4 is 17.8 Å². The molecular weight excluding hydrogens is 460 g/mol. The second kappa shape index (κ2) is 12.8. The highest BCUT2D eigenvalue weighted by molar-refractivity contribution is 5.92. The number of unbranched alkanes of at least 4 members (excludes halogenated alkanes) is 1. The molecule has 1 N–H and O–H groups in total. The summed E-state index contributed by atoms with van der Waals surface area (Å²) in [6.07, 6.45) is 8.07. The largest absolute Gasteiger partial charge is 0.493 e. The lowest BCUT2D eigenvalue weighted by atomic mass is 9.69. The van der Waals surface area contributed by atoms with Gasteiger partial charge in [-0.15, -0.1) is 0 Å². The number of methoxy groups -OCH3 is 3. The normalized spacial score (nSPS) is 21.7. The molecular formula is C28H40N2O6. The van der Waals surface area contributed by atoms with Gasteiger partial charge in [0.05, 0.1) is 21.3 Å². The fourth-order valence-corrected chi connectivity index (χ4v) is 5.41. The Labute approximate surface area is 214 Å². The van der Waals surface area contributed by atoms with Gasteiger partial charge in [-0.1, -0.05) is 31.9 Å². The quantitative estimate of drug-likeness (QED) is 0.364. The number of amides is 2. The van der Waals surface area contributed by atoms with Crippen LogP contribution in [0.1, 0.15) is 63.9 Å². The van der Waals surface area contributed by atoms with Crippen LogP contribution in [-0.4, -0.2) is 57.1 Å². The highest BCUT2D eigenvalue weighted by Crippen LogP contribution is 2.49. The molecule has 0 spiro atoms. The van der Waals surface area contributed by atoms with Gasteiger partial charge in [0.2, 0.25) is 11.8 Å². The first kappa shape index (κ1) is 27.6. The second-order valence-electron chi connectivity index (χ2n) is 9.65. The van der Waals surface area contributed by atoms with Gasteiger partial charge in [0.15, 0.2) is 11.5 Å². The van der Waals surface area contributed by atoms with E-state index >= 15 is 0 Å². The van der Waals surface area contributed by atoms with Gasteiger partial charge >= 0.3 is 5.97 Å². The third-order valence-electron chi connectivity index (χ3n) is 7.32. The summed E-state index contributed by atoms with van der Waals surface area (Å²) in [5.74, 6) is 0.110. The third kappa shape index (κ3) is 6.02. The number of rotatable bonds is 11. The van der Waals surface area contributed by atoms with E-state index in [1.807, 2.05) is 24.3 Å². The molecule has 36 heavy (non-hydrogen) atoms. The Morgan fingerprint density at radius 2 is 1.92 bits per heavy atom. The molecule has 198 valence electrons. The lowest BCUT2D eigenvalue weighted by molar-refractivity contribution is -0.159. The van der Waals surface area contributed by atoms with Crippen molar-refractivity contribution < 1.29 is 28.6 Å². The molecule has 8 heteroatoms. The predicted octanol–water partition coefficient (Wildman–Crippen LogP) is 4.02. The summed E-state index contributed by atoms with van der Waals surface area (Å²) in [5.41, 5.74) is 0.809. The first-order chi connectivity index (χ1) is 17.4. The molecule has 0 bridgehead atoms. The number of allylic oxidation sites excluding steroid dienone is 1. The van der Waals surface area contributed by atoms with Gasteiger partial charge in [-0.2, -0.15) is 0 Å². The van der Waals surface area contributed by atoms with Crippen molar-refractivity contribution in [1.82, 2.24) is 10.2 Å². The number of carbonyl (C=O) groups is 3. The van der Waals surface area contributed by atoms with Crippen LogP contribution in [0.15, 0.2) is 30.0 Å². The molecule has 1 saturated heterocycles. The first-order valence-electron chi connectivity index (χ1n) is 13.0. The summed E-state index contributed by atoms with van der Waals surface area (Å²) in [7, 11) is 4.58. The minimum atomic E-state index is -0.912. The van der Waals surface area contributed by atoms with E-state index in [1.165, 1.54) is 7.11 Å². The lowest BCUT2D eigenvalue weighted by Crippen LogP contribution is -2.53. The third-order valence-corrected chi connectivity index (χ3v) is 7.32. The zero-order valence-electron chi connectivity index (χ0n) is 22.1. The van der Waals surface area contributed by atoms with Crippen LogP contribution in [0.5, 0.6) is 11.5 Å². The molecule has 0 unspecified atom stereocenters. The average molecular weight is 501 g/mol. The lowest BCUT2D eigenvalue weighted by Gasteiger charge is -2.46. The second-order valence-corrected chi connectivity index (χ2v) is 9.65. The van der Waals surface area contributed by atoms with Gasteiger partial charge in [-0.3, -0.25) is 14.4 Å². The Kier molecular flexibility index (Phi) is 9.79. The van der Waals surface area contributed by atoms with Gasteiger partial charge in [-0.05, 0) is 56.2 Å². The number of nitrogens with one attached hydrogen (secondary N) is 1. The fraction of sp³-hybridized carbons (Fsp3) is 0.607. The maximum atomic E-state index is 13.8. The average Bonchev–Trinajstić information content (AvgIpc) is 3.11. The Hall–Kier alpha value is -3.03. The van der Waals surface area contributed by atoms with Crippen LogP contribution < -0.4 is 14.8 Å². The molecule has 1 heterocycles. The van der Waals surface area contributed by atoms with Crippen LogP contribution in [0.25, 0.3) is 0 Å². The molecule has 1 aromatic rings. The number of carbonyl (C=O) groups excluding carboxylic acids is 3. The van der Waals surface area contributed by atoms with E-state index in [-0.39, 0.29) is 24.2 Å². The molecule has 1 fully saturated rings. The first-order valence-corrected chi connectivity index (χ1v) is 13.0. The summed E-state index contributed by atoms with van der Waals surface area (Å²) in [6, 6.07) is 5.70. The van der Waals surface area contributed by atoms with Crippen LogP contribution in [-0.2, 0) is 25.5 Å². The maximum Gasteiger partial charge on any atom is 0.317 e. The Balaban J connectivity index is 1.90. The van der Waals surface area contributed by atoms with E-state index in [0.717, 1.165) is 43.4 Å². The smallest absolute Gasteiger partial charge is 0.317 e. The summed E-state index contributed by atoms with van der Waals surface area (Å²) in [5, 5.41) is 2.92. The Morgan fingerprint density at radius 3 is 2.61 bits per heavy atom. The van der Waals surface area contributed by atoms with Crippen LogP contribution in [0, 0.1) is 11.3 Å². The van der Waals surface area contributed by atoms with Crippen molar-refractivity contribution in [3.63, 3.8) is 0 Å². The number of hydrogen-bond donors (Lipinski definition) is 1. The van der Waals surface area contributed by atoms with Gasteiger partial charge < -0.3 is 24.4 Å². The number of nitrogens with zero attached hydrogens (tertiary/aromatic N) is 1. The van der Waals surface area contributed by atoms with Crippen molar-refractivity contribution in [2.45, 2.75) is 64.7 Å². The Bertz CT molecular complexity index is 975. The van der Waals surface area contributed by atoms with E-state index in [1.54, 1.807) is 19.1 Å². The standard InChI is InChI=1S/C28H40N2O6/c1-5-6-15-29-25(31)18-21-19-28(27(33)36-4)14-9-7-8-10-24(28)30(26(21)32)16-13-20-11-12-22(34-2)23(17-20)35-3/h10-12,17,21H,5-9,13-16,18-19H2,1-4H3,(H,29,31)/t21-,28+/m1/s1. The predicted molar refractivity (Wildman–Crippen MR) is 137 cm³/mol. The maximum absolute atomic E-state index is 13.8. The number of likely N-dealkylation sites (tertiary alicyclic amines) is 1. The number of hydrogen-bond acceptors (Lipinski definition) is 6. The number of esters is 1. The zero-order valence-corrected chi connectivity index (χ0v) is 22.1. The van der Waals surface area contributed by atoms with Gasteiger partial charge in [-0.25, -0.2) is 0 Å². The fourth-order valence-electron chi connectivity index (χ4n) is 5.41. The minimum absolute atomic E-state index is 0.0709. The monoisotopic (exact) mass is 500 g/mol. The molecule has 0 radical (unpaired) electrons. The molecule has 2 atom stereocenters. The molecule has 0 aromatic heterocycles.